The lowest BCUT2D eigenvalue weighted by molar-refractivity contribution is -0.152. The minimum absolute atomic E-state index is 0.129. The van der Waals surface area contributed by atoms with E-state index in [1.165, 1.54) is 4.90 Å². The van der Waals surface area contributed by atoms with Gasteiger partial charge in [-0.15, -0.1) is 0 Å². The molecule has 0 spiro atoms. The van der Waals surface area contributed by atoms with Gasteiger partial charge in [0.05, 0.1) is 6.42 Å². The zero-order valence-electron chi connectivity index (χ0n) is 13.0. The first-order valence-electron chi connectivity index (χ1n) is 7.91. The highest BCUT2D eigenvalue weighted by Crippen LogP contribution is 2.18. The summed E-state index contributed by atoms with van der Waals surface area (Å²) in [7, 11) is 0. The molecule has 0 aromatic heterocycles. The fourth-order valence-electron chi connectivity index (χ4n) is 2.78. The number of nitrogens with zero attached hydrogens (tertiary/aromatic N) is 1. The van der Waals surface area contributed by atoms with E-state index in [4.69, 9.17) is 0 Å². The van der Waals surface area contributed by atoms with Crippen molar-refractivity contribution in [3.8, 4) is 0 Å². The minimum atomic E-state index is -0.953. The highest BCUT2D eigenvalue weighted by molar-refractivity contribution is 5.84. The summed E-state index contributed by atoms with van der Waals surface area (Å²) in [6, 6.07) is 8.64. The largest absolute Gasteiger partial charge is 0.480 e. The molecule has 1 aromatic rings. The second-order valence-corrected chi connectivity index (χ2v) is 5.70. The number of carboxylic acids is 1. The van der Waals surface area contributed by atoms with Gasteiger partial charge in [0, 0.05) is 19.5 Å². The molecule has 23 heavy (non-hydrogen) atoms. The predicted octanol–water partition coefficient (Wildman–Crippen LogP) is 1.20. The van der Waals surface area contributed by atoms with Crippen LogP contribution in [0.15, 0.2) is 30.3 Å². The van der Waals surface area contributed by atoms with E-state index < -0.39 is 12.0 Å². The van der Waals surface area contributed by atoms with Gasteiger partial charge in [0.25, 0.3) is 0 Å². The van der Waals surface area contributed by atoms with Crippen molar-refractivity contribution in [3.63, 3.8) is 0 Å². The first kappa shape index (κ1) is 17.0. The van der Waals surface area contributed by atoms with Gasteiger partial charge in [0.15, 0.2) is 0 Å². The van der Waals surface area contributed by atoms with Gasteiger partial charge in [-0.1, -0.05) is 30.3 Å². The van der Waals surface area contributed by atoms with Crippen LogP contribution in [-0.2, 0) is 20.8 Å². The van der Waals surface area contributed by atoms with E-state index in [0.717, 1.165) is 18.4 Å². The number of hydrogen-bond acceptors (Lipinski definition) is 3. The zero-order chi connectivity index (χ0) is 16.7. The molecule has 6 heteroatoms. The highest BCUT2D eigenvalue weighted by atomic mass is 16.4. The SMILES string of the molecule is O=C(Cc1ccccc1)NCCC(=O)N1CCCC[C@@H]1C(=O)O. The molecule has 1 fully saturated rings. The summed E-state index contributed by atoms with van der Waals surface area (Å²) in [6.07, 6.45) is 2.56. The molecule has 2 N–H and O–H groups in total. The molecule has 1 atom stereocenters. The van der Waals surface area contributed by atoms with Crippen LogP contribution in [0.1, 0.15) is 31.2 Å². The molecule has 0 unspecified atom stereocenters. The van der Waals surface area contributed by atoms with Crippen molar-refractivity contribution in [3.05, 3.63) is 35.9 Å². The number of likely N-dealkylation sites (tertiary alicyclic amines) is 1. The van der Waals surface area contributed by atoms with Gasteiger partial charge in [-0.3, -0.25) is 9.59 Å². The highest BCUT2D eigenvalue weighted by Gasteiger charge is 2.31. The quantitative estimate of drug-likeness (QED) is 0.825. The monoisotopic (exact) mass is 318 g/mol. The van der Waals surface area contributed by atoms with E-state index >= 15 is 0 Å². The summed E-state index contributed by atoms with van der Waals surface area (Å²) >= 11 is 0. The van der Waals surface area contributed by atoms with Crippen LogP contribution in [0.2, 0.25) is 0 Å². The number of rotatable bonds is 6. The molecule has 2 rings (SSSR count). The maximum absolute atomic E-state index is 12.2. The number of carboxylic acid groups (broad SMARTS) is 1. The van der Waals surface area contributed by atoms with Crippen molar-refractivity contribution in [1.82, 2.24) is 10.2 Å². The molecule has 0 saturated carbocycles. The number of piperidine rings is 1. The molecule has 1 aromatic carbocycles. The standard InChI is InChI=1S/C17H22N2O4/c20-15(12-13-6-2-1-3-7-13)18-10-9-16(21)19-11-5-4-8-14(19)17(22)23/h1-3,6-7,14H,4-5,8-12H2,(H,18,20)(H,22,23)/t14-/m1/s1. The lowest BCUT2D eigenvalue weighted by Crippen LogP contribution is -2.48. The van der Waals surface area contributed by atoms with Gasteiger partial charge in [0.2, 0.25) is 11.8 Å². The summed E-state index contributed by atoms with van der Waals surface area (Å²) in [5, 5.41) is 11.9. The van der Waals surface area contributed by atoms with E-state index in [9.17, 15) is 19.5 Å². The Bertz CT molecular complexity index is 559. The van der Waals surface area contributed by atoms with Crippen molar-refractivity contribution in [2.24, 2.45) is 0 Å². The summed E-state index contributed by atoms with van der Waals surface area (Å²) in [6.45, 7) is 0.709. The molecule has 1 aliphatic rings. The second-order valence-electron chi connectivity index (χ2n) is 5.70. The molecule has 0 bridgehead atoms. The Kier molecular flexibility index (Phi) is 6.14. The Balaban J connectivity index is 1.75. The topological polar surface area (TPSA) is 86.7 Å². The van der Waals surface area contributed by atoms with Crippen molar-refractivity contribution in [2.75, 3.05) is 13.1 Å². The average Bonchev–Trinajstić information content (AvgIpc) is 2.55. The number of nitrogens with one attached hydrogen (secondary N) is 1. The number of amides is 2. The smallest absolute Gasteiger partial charge is 0.326 e. The van der Waals surface area contributed by atoms with E-state index in [-0.39, 0.29) is 31.2 Å². The second kappa shape index (κ2) is 8.31. The van der Waals surface area contributed by atoms with Gasteiger partial charge in [-0.05, 0) is 24.8 Å². The van der Waals surface area contributed by atoms with Crippen LogP contribution < -0.4 is 5.32 Å². The van der Waals surface area contributed by atoms with Gasteiger partial charge >= 0.3 is 5.97 Å². The van der Waals surface area contributed by atoms with Crippen LogP contribution in [0.5, 0.6) is 0 Å². The van der Waals surface area contributed by atoms with Crippen molar-refractivity contribution in [2.45, 2.75) is 38.1 Å². The maximum atomic E-state index is 12.2. The zero-order valence-corrected chi connectivity index (χ0v) is 13.0. The fraction of sp³-hybridized carbons (Fsp3) is 0.471. The van der Waals surface area contributed by atoms with Gasteiger partial charge in [0.1, 0.15) is 6.04 Å². The molecular formula is C17H22N2O4. The van der Waals surface area contributed by atoms with Crippen molar-refractivity contribution < 1.29 is 19.5 Å². The first-order valence-corrected chi connectivity index (χ1v) is 7.91. The van der Waals surface area contributed by atoms with Crippen LogP contribution in [0.3, 0.4) is 0 Å². The Morgan fingerprint density at radius 3 is 2.61 bits per heavy atom. The van der Waals surface area contributed by atoms with Gasteiger partial charge in [-0.2, -0.15) is 0 Å². The summed E-state index contributed by atoms with van der Waals surface area (Å²) in [5.41, 5.74) is 0.915. The van der Waals surface area contributed by atoms with Crippen molar-refractivity contribution >= 4 is 17.8 Å². The van der Waals surface area contributed by atoms with Crippen LogP contribution in [0, 0.1) is 0 Å². The Hall–Kier alpha value is -2.37. The number of benzene rings is 1. The van der Waals surface area contributed by atoms with E-state index in [1.54, 1.807) is 0 Å². The summed E-state index contributed by atoms with van der Waals surface area (Å²) in [5.74, 6) is -1.30. The number of aliphatic carboxylic acids is 1. The van der Waals surface area contributed by atoms with E-state index in [0.29, 0.717) is 13.0 Å². The molecule has 124 valence electrons. The Morgan fingerprint density at radius 2 is 1.91 bits per heavy atom. The molecule has 0 aliphatic carbocycles. The van der Waals surface area contributed by atoms with Crippen LogP contribution in [0.25, 0.3) is 0 Å². The molecular weight excluding hydrogens is 296 g/mol. The predicted molar refractivity (Wildman–Crippen MR) is 84.8 cm³/mol. The molecule has 1 aliphatic heterocycles. The third-order valence-corrected chi connectivity index (χ3v) is 3.98. The molecule has 1 heterocycles. The fourth-order valence-corrected chi connectivity index (χ4v) is 2.78. The minimum Gasteiger partial charge on any atom is -0.480 e. The van der Waals surface area contributed by atoms with Gasteiger partial charge < -0.3 is 15.3 Å². The lowest BCUT2D eigenvalue weighted by atomic mass is 10.0. The lowest BCUT2D eigenvalue weighted by Gasteiger charge is -2.33. The summed E-state index contributed by atoms with van der Waals surface area (Å²) < 4.78 is 0. The van der Waals surface area contributed by atoms with Crippen LogP contribution in [-0.4, -0.2) is 46.9 Å². The van der Waals surface area contributed by atoms with Crippen LogP contribution >= 0.6 is 0 Å². The van der Waals surface area contributed by atoms with Gasteiger partial charge in [-0.25, -0.2) is 4.79 Å². The number of carbonyl (C=O) groups is 3. The molecule has 0 radical (unpaired) electrons. The number of hydrogen-bond donors (Lipinski definition) is 2. The molecule has 1 saturated heterocycles. The Morgan fingerprint density at radius 1 is 1.17 bits per heavy atom. The molecule has 2 amide bonds. The average molecular weight is 318 g/mol. The third kappa shape index (κ3) is 5.09. The Labute approximate surface area is 135 Å². The molecule has 6 nitrogen and oxygen atoms in total. The van der Waals surface area contributed by atoms with E-state index in [2.05, 4.69) is 5.32 Å². The van der Waals surface area contributed by atoms with Crippen molar-refractivity contribution in [1.29, 1.82) is 0 Å². The first-order chi connectivity index (χ1) is 11.1. The van der Waals surface area contributed by atoms with Crippen LogP contribution in [0.4, 0.5) is 0 Å². The normalized spacial score (nSPS) is 17.6. The summed E-state index contributed by atoms with van der Waals surface area (Å²) in [4.78, 5) is 36.6. The van der Waals surface area contributed by atoms with E-state index in [1.807, 2.05) is 30.3 Å². The third-order valence-electron chi connectivity index (χ3n) is 3.98. The number of carbonyl (C=O) groups excluding carboxylic acids is 2. The maximum Gasteiger partial charge on any atom is 0.326 e.